The summed E-state index contributed by atoms with van der Waals surface area (Å²) in [6, 6.07) is 11.2. The van der Waals surface area contributed by atoms with Crippen molar-refractivity contribution in [2.45, 2.75) is 6.92 Å². The number of nitrogens with zero attached hydrogens (tertiary/aromatic N) is 1. The van der Waals surface area contributed by atoms with Gasteiger partial charge in [-0.2, -0.15) is 0 Å². The fourth-order valence-electron chi connectivity index (χ4n) is 2.35. The number of halogens is 2. The molecule has 0 saturated heterocycles. The van der Waals surface area contributed by atoms with Gasteiger partial charge in [-0.1, -0.05) is 35.3 Å². The molecule has 2 N–H and O–H groups in total. The lowest BCUT2D eigenvalue weighted by atomic mass is 10.2. The van der Waals surface area contributed by atoms with Gasteiger partial charge < -0.3 is 10.4 Å². The minimum atomic E-state index is -0.654. The Balaban J connectivity index is 1.96. The molecule has 0 aromatic heterocycles. The Hall–Kier alpha value is -2.50. The lowest BCUT2D eigenvalue weighted by molar-refractivity contribution is -0.120. The van der Waals surface area contributed by atoms with Gasteiger partial charge in [-0.15, -0.1) is 0 Å². The first kappa shape index (κ1) is 16.4. The molecule has 0 radical (unpaired) electrons. The summed E-state index contributed by atoms with van der Waals surface area (Å²) in [5.41, 5.74) is 1.39. The molecule has 0 bridgehead atoms. The highest BCUT2D eigenvalue weighted by Gasteiger charge is 2.39. The lowest BCUT2D eigenvalue weighted by Crippen LogP contribution is -2.32. The first-order valence-electron chi connectivity index (χ1n) is 6.99. The van der Waals surface area contributed by atoms with Crippen LogP contribution in [0.15, 0.2) is 53.2 Å². The molecular weight excluding hydrogens is 351 g/mol. The SMILES string of the molecule is Cc1ccc(O)c(NC2=C(Cl)C(=O)N(c3cccc(Cl)c3)C2=O)c1. The molecule has 24 heavy (non-hydrogen) atoms. The highest BCUT2D eigenvalue weighted by atomic mass is 35.5. The van der Waals surface area contributed by atoms with Gasteiger partial charge in [-0.3, -0.25) is 9.59 Å². The first-order chi connectivity index (χ1) is 11.4. The molecule has 0 saturated carbocycles. The third kappa shape index (κ3) is 2.84. The van der Waals surface area contributed by atoms with Crippen molar-refractivity contribution in [2.75, 3.05) is 10.2 Å². The third-order valence-corrected chi connectivity index (χ3v) is 4.09. The molecule has 122 valence electrons. The number of anilines is 2. The minimum absolute atomic E-state index is 0.0565. The number of phenolic OH excluding ortho intramolecular Hbond substituents is 1. The van der Waals surface area contributed by atoms with E-state index in [0.717, 1.165) is 10.5 Å². The number of carbonyl (C=O) groups is 2. The van der Waals surface area contributed by atoms with Crippen LogP contribution in [0.25, 0.3) is 0 Å². The zero-order chi connectivity index (χ0) is 17.4. The Bertz CT molecular complexity index is 893. The molecule has 2 amide bonds. The predicted octanol–water partition coefficient (Wildman–Crippen LogP) is 3.79. The highest BCUT2D eigenvalue weighted by molar-refractivity contribution is 6.53. The molecule has 2 aromatic carbocycles. The van der Waals surface area contributed by atoms with Gasteiger partial charge in [-0.25, -0.2) is 4.90 Å². The standard InChI is InChI=1S/C17H12Cl2N2O3/c1-9-5-6-13(22)12(7-9)20-15-14(19)16(23)21(17(15)24)11-4-2-3-10(18)8-11/h2-8,20,22H,1H3. The summed E-state index contributed by atoms with van der Waals surface area (Å²) in [4.78, 5) is 25.9. The van der Waals surface area contributed by atoms with E-state index in [1.54, 1.807) is 30.3 Å². The van der Waals surface area contributed by atoms with E-state index >= 15 is 0 Å². The molecular formula is C17H12Cl2N2O3. The molecule has 7 heteroatoms. The number of aromatic hydroxyl groups is 1. The maximum absolute atomic E-state index is 12.6. The van der Waals surface area contributed by atoms with Crippen LogP contribution in [0.3, 0.4) is 0 Å². The summed E-state index contributed by atoms with van der Waals surface area (Å²) >= 11 is 12.0. The van der Waals surface area contributed by atoms with Gasteiger partial charge in [-0.05, 0) is 42.8 Å². The second-order valence-corrected chi connectivity index (χ2v) is 6.07. The topological polar surface area (TPSA) is 69.6 Å². The maximum Gasteiger partial charge on any atom is 0.283 e. The summed E-state index contributed by atoms with van der Waals surface area (Å²) in [5.74, 6) is -1.33. The Morgan fingerprint density at radius 2 is 1.79 bits per heavy atom. The zero-order valence-electron chi connectivity index (χ0n) is 12.5. The van der Waals surface area contributed by atoms with Crippen LogP contribution in [0.1, 0.15) is 5.56 Å². The van der Waals surface area contributed by atoms with Crippen LogP contribution >= 0.6 is 23.2 Å². The second-order valence-electron chi connectivity index (χ2n) is 5.26. The molecule has 0 atom stereocenters. The first-order valence-corrected chi connectivity index (χ1v) is 7.75. The number of aryl methyl sites for hydroxylation is 1. The van der Waals surface area contributed by atoms with Crippen molar-refractivity contribution in [3.63, 3.8) is 0 Å². The van der Waals surface area contributed by atoms with Crippen LogP contribution in [0.4, 0.5) is 11.4 Å². The number of carbonyl (C=O) groups excluding carboxylic acids is 2. The molecule has 1 heterocycles. The average Bonchev–Trinajstić information content (AvgIpc) is 2.74. The zero-order valence-corrected chi connectivity index (χ0v) is 14.0. The summed E-state index contributed by atoms with van der Waals surface area (Å²) in [6.07, 6.45) is 0. The van der Waals surface area contributed by atoms with Crippen molar-refractivity contribution in [1.82, 2.24) is 0 Å². The molecule has 0 spiro atoms. The highest BCUT2D eigenvalue weighted by Crippen LogP contribution is 2.33. The number of nitrogens with one attached hydrogen (secondary N) is 1. The summed E-state index contributed by atoms with van der Waals surface area (Å²) < 4.78 is 0. The van der Waals surface area contributed by atoms with Crippen LogP contribution < -0.4 is 10.2 Å². The fourth-order valence-corrected chi connectivity index (χ4v) is 2.74. The van der Waals surface area contributed by atoms with Crippen molar-refractivity contribution >= 4 is 46.4 Å². The fraction of sp³-hybridized carbons (Fsp3) is 0.0588. The van der Waals surface area contributed by atoms with E-state index in [1.165, 1.54) is 12.1 Å². The monoisotopic (exact) mass is 362 g/mol. The van der Waals surface area contributed by atoms with Crippen molar-refractivity contribution in [3.8, 4) is 5.75 Å². The van der Waals surface area contributed by atoms with Gasteiger partial charge in [0.2, 0.25) is 0 Å². The number of amides is 2. The molecule has 0 fully saturated rings. The number of hydrogen-bond acceptors (Lipinski definition) is 4. The Labute approximate surface area is 148 Å². The minimum Gasteiger partial charge on any atom is -0.506 e. The van der Waals surface area contributed by atoms with E-state index in [-0.39, 0.29) is 22.2 Å². The molecule has 3 rings (SSSR count). The van der Waals surface area contributed by atoms with Crippen LogP contribution in [0, 0.1) is 6.92 Å². The van der Waals surface area contributed by atoms with Gasteiger partial charge >= 0.3 is 0 Å². The third-order valence-electron chi connectivity index (χ3n) is 3.51. The van der Waals surface area contributed by atoms with E-state index in [9.17, 15) is 14.7 Å². The Morgan fingerprint density at radius 1 is 1.04 bits per heavy atom. The van der Waals surface area contributed by atoms with E-state index in [0.29, 0.717) is 10.7 Å². The van der Waals surface area contributed by atoms with Gasteiger partial charge in [0.25, 0.3) is 11.8 Å². The number of hydrogen-bond donors (Lipinski definition) is 2. The lowest BCUT2D eigenvalue weighted by Gasteiger charge is -2.15. The van der Waals surface area contributed by atoms with Gasteiger partial charge in [0.05, 0.1) is 11.4 Å². The smallest absolute Gasteiger partial charge is 0.283 e. The molecule has 5 nitrogen and oxygen atoms in total. The van der Waals surface area contributed by atoms with Crippen molar-refractivity contribution < 1.29 is 14.7 Å². The van der Waals surface area contributed by atoms with Crippen LogP contribution in [0.5, 0.6) is 5.75 Å². The van der Waals surface area contributed by atoms with Crippen LogP contribution in [0.2, 0.25) is 5.02 Å². The number of rotatable bonds is 3. The predicted molar refractivity (Wildman–Crippen MR) is 93.3 cm³/mol. The molecule has 0 unspecified atom stereocenters. The van der Waals surface area contributed by atoms with Crippen molar-refractivity contribution in [1.29, 1.82) is 0 Å². The van der Waals surface area contributed by atoms with Crippen LogP contribution in [-0.4, -0.2) is 16.9 Å². The number of imide groups is 1. The van der Waals surface area contributed by atoms with E-state index < -0.39 is 11.8 Å². The normalized spacial score (nSPS) is 14.5. The van der Waals surface area contributed by atoms with Crippen molar-refractivity contribution in [2.24, 2.45) is 0 Å². The Morgan fingerprint density at radius 3 is 2.50 bits per heavy atom. The Kier molecular flexibility index (Phi) is 4.22. The van der Waals surface area contributed by atoms with Gasteiger partial charge in [0.1, 0.15) is 16.5 Å². The second kappa shape index (κ2) is 6.19. The maximum atomic E-state index is 12.6. The number of phenols is 1. The summed E-state index contributed by atoms with van der Waals surface area (Å²) in [5, 5.41) is 12.8. The summed E-state index contributed by atoms with van der Waals surface area (Å²) in [6.45, 7) is 1.83. The van der Waals surface area contributed by atoms with Gasteiger partial charge in [0.15, 0.2) is 0 Å². The molecule has 1 aliphatic heterocycles. The van der Waals surface area contributed by atoms with E-state index in [2.05, 4.69) is 5.32 Å². The molecule has 0 aliphatic carbocycles. The van der Waals surface area contributed by atoms with Crippen molar-refractivity contribution in [3.05, 3.63) is 63.8 Å². The van der Waals surface area contributed by atoms with E-state index in [4.69, 9.17) is 23.2 Å². The molecule has 1 aliphatic rings. The largest absolute Gasteiger partial charge is 0.506 e. The van der Waals surface area contributed by atoms with Crippen LogP contribution in [-0.2, 0) is 9.59 Å². The summed E-state index contributed by atoms with van der Waals surface area (Å²) in [7, 11) is 0. The number of benzene rings is 2. The quantitative estimate of drug-likeness (QED) is 0.643. The van der Waals surface area contributed by atoms with E-state index in [1.807, 2.05) is 6.92 Å². The molecule has 2 aromatic rings. The van der Waals surface area contributed by atoms with Gasteiger partial charge in [0, 0.05) is 5.02 Å². The average molecular weight is 363 g/mol.